The molecule has 38 heavy (non-hydrogen) atoms. The topological polar surface area (TPSA) is 95.4 Å². The van der Waals surface area contributed by atoms with Gasteiger partial charge < -0.3 is 9.94 Å². The molecule has 6 heteroatoms. The van der Waals surface area contributed by atoms with E-state index in [4.69, 9.17) is 9.94 Å². The normalized spacial score (nSPS) is 46.9. The van der Waals surface area contributed by atoms with E-state index in [1.54, 1.807) is 0 Å². The molecule has 0 aliphatic heterocycles. The summed E-state index contributed by atoms with van der Waals surface area (Å²) in [6.45, 7) is 17.6. The quantitative estimate of drug-likeness (QED) is 0.284. The number of nitrogens with one attached hydrogen (secondary N) is 1. The van der Waals surface area contributed by atoms with Crippen molar-refractivity contribution >= 4 is 17.7 Å². The molecule has 8 atom stereocenters. The van der Waals surface area contributed by atoms with Crippen molar-refractivity contribution < 1.29 is 24.3 Å². The van der Waals surface area contributed by atoms with Gasteiger partial charge >= 0.3 is 5.97 Å². The summed E-state index contributed by atoms with van der Waals surface area (Å²) < 4.78 is 5.83. The highest BCUT2D eigenvalue weighted by Gasteiger charge is 2.71. The molecule has 0 spiro atoms. The van der Waals surface area contributed by atoms with Crippen LogP contribution in [-0.4, -0.2) is 29.0 Å². The van der Waals surface area contributed by atoms with Crippen LogP contribution in [-0.2, 0) is 19.1 Å². The summed E-state index contributed by atoms with van der Waals surface area (Å²) in [4.78, 5) is 39.7. The van der Waals surface area contributed by atoms with E-state index >= 15 is 0 Å². The first-order valence-electron chi connectivity index (χ1n) is 14.9. The zero-order valence-corrected chi connectivity index (χ0v) is 24.9. The number of amides is 1. The van der Waals surface area contributed by atoms with Crippen LogP contribution in [0.1, 0.15) is 113 Å². The molecule has 212 valence electrons. The Morgan fingerprint density at radius 1 is 0.947 bits per heavy atom. The summed E-state index contributed by atoms with van der Waals surface area (Å²) in [5.41, 5.74) is 2.23. The van der Waals surface area contributed by atoms with E-state index in [1.165, 1.54) is 12.5 Å². The molecule has 0 aromatic carbocycles. The molecular formula is C32H50NO5+. The van der Waals surface area contributed by atoms with Crippen LogP contribution in [0.3, 0.4) is 0 Å². The number of hydrogen-bond acceptors (Lipinski definition) is 4. The third-order valence-corrected chi connectivity index (χ3v) is 13.2. The first-order valence-corrected chi connectivity index (χ1v) is 14.9. The first-order chi connectivity index (χ1) is 17.5. The summed E-state index contributed by atoms with van der Waals surface area (Å²) in [5.74, 6) is 0.0483. The molecule has 4 fully saturated rings. The van der Waals surface area contributed by atoms with Crippen LogP contribution >= 0.6 is 0 Å². The third kappa shape index (κ3) is 3.50. The van der Waals surface area contributed by atoms with Crippen molar-refractivity contribution in [2.75, 3.05) is 0 Å². The first kappa shape index (κ1) is 27.9. The smallest absolute Gasteiger partial charge is 0.302 e. The Morgan fingerprint density at radius 3 is 2.24 bits per heavy atom. The Kier molecular flexibility index (Phi) is 6.16. The number of allylic oxidation sites excluding steroid dienone is 2. The highest BCUT2D eigenvalue weighted by Crippen LogP contribution is 2.75. The molecule has 0 saturated heterocycles. The van der Waals surface area contributed by atoms with Gasteiger partial charge in [-0.2, -0.15) is 0 Å². The van der Waals surface area contributed by atoms with Gasteiger partial charge in [0.1, 0.15) is 6.10 Å². The van der Waals surface area contributed by atoms with Crippen molar-refractivity contribution in [1.82, 2.24) is 5.48 Å². The van der Waals surface area contributed by atoms with Crippen LogP contribution in [0.5, 0.6) is 0 Å². The van der Waals surface area contributed by atoms with Gasteiger partial charge in [0, 0.05) is 18.3 Å². The van der Waals surface area contributed by atoms with Gasteiger partial charge in [0.2, 0.25) is 0 Å². The van der Waals surface area contributed by atoms with E-state index in [9.17, 15) is 14.4 Å². The third-order valence-electron chi connectivity index (χ3n) is 13.2. The number of ether oxygens (including phenoxy) is 1. The second-order valence-electron chi connectivity index (χ2n) is 15.8. The molecule has 3 N–H and O–H groups in total. The second-order valence-corrected chi connectivity index (χ2v) is 15.8. The van der Waals surface area contributed by atoms with Gasteiger partial charge in [0.25, 0.3) is 5.91 Å². The summed E-state index contributed by atoms with van der Waals surface area (Å²) in [7, 11) is 0. The van der Waals surface area contributed by atoms with E-state index in [1.807, 2.05) is 6.08 Å². The Balaban J connectivity index is 1.60. The SMILES string of the molecule is CC(=O)O[C@H]1CC[C@]2(C)[C@H]3C(=O)C=C4[C@@H]5CC(C)(C)CC[C@]5(C(=O)N[OH2+])CC[C@@]4(C)[C@]3(C)CC[C@H]2C1(C)C. The predicted octanol–water partition coefficient (Wildman–Crippen LogP) is 5.65. The maximum atomic E-state index is 14.4. The lowest BCUT2D eigenvalue weighted by Crippen LogP contribution is -2.67. The van der Waals surface area contributed by atoms with Crippen molar-refractivity contribution in [3.05, 3.63) is 11.6 Å². The minimum absolute atomic E-state index is 0.00116. The van der Waals surface area contributed by atoms with Crippen LogP contribution < -0.4 is 5.48 Å². The molecule has 4 saturated carbocycles. The monoisotopic (exact) mass is 528 g/mol. The van der Waals surface area contributed by atoms with Gasteiger partial charge in [-0.15, -0.1) is 5.48 Å². The molecule has 1 amide bonds. The minimum Gasteiger partial charge on any atom is -0.462 e. The molecule has 5 aliphatic rings. The number of carbonyl (C=O) groups excluding carboxylic acids is 3. The number of esters is 1. The van der Waals surface area contributed by atoms with Gasteiger partial charge in [-0.25, -0.2) is 0 Å². The van der Waals surface area contributed by atoms with Crippen molar-refractivity contribution in [2.24, 2.45) is 50.2 Å². The second kappa shape index (κ2) is 8.41. The molecule has 5 rings (SSSR count). The highest BCUT2D eigenvalue weighted by atomic mass is 16.5. The van der Waals surface area contributed by atoms with Gasteiger partial charge in [0.15, 0.2) is 5.78 Å². The minimum atomic E-state index is -0.586. The summed E-state index contributed by atoms with van der Waals surface area (Å²) >= 11 is 0. The van der Waals surface area contributed by atoms with Gasteiger partial charge in [-0.05, 0) is 97.4 Å². The molecule has 0 bridgehead atoms. The summed E-state index contributed by atoms with van der Waals surface area (Å²) in [5, 5.41) is 7.77. The Hall–Kier alpha value is -1.69. The van der Waals surface area contributed by atoms with Crippen molar-refractivity contribution in [3.63, 3.8) is 0 Å². The Bertz CT molecular complexity index is 1090. The fourth-order valence-electron chi connectivity index (χ4n) is 11.0. The van der Waals surface area contributed by atoms with Gasteiger partial charge in [-0.3, -0.25) is 14.4 Å². The van der Waals surface area contributed by atoms with Crippen LogP contribution in [0.4, 0.5) is 0 Å². The molecular weight excluding hydrogens is 478 g/mol. The molecule has 5 aliphatic carbocycles. The number of hydrogen-bond donors (Lipinski definition) is 1. The fraction of sp³-hybridized carbons (Fsp3) is 0.844. The van der Waals surface area contributed by atoms with E-state index in [0.717, 1.165) is 57.8 Å². The maximum absolute atomic E-state index is 14.4. The van der Waals surface area contributed by atoms with Crippen LogP contribution in [0.25, 0.3) is 0 Å². The molecule has 0 aromatic rings. The average molecular weight is 529 g/mol. The largest absolute Gasteiger partial charge is 0.462 e. The standard InChI is InChI=1S/C32H49NO5/c1-19(34)38-24-10-11-29(6)23(28(24,4)5)9-12-31(8)25(29)22(35)17-20-21-18-27(2,3)13-15-32(21,26(36)33-37)16-14-30(20,31)7/h17,21,23-25,37H,9-16,18H2,1-8H3,(H,33,36)/p+1/t21-,23-,24-,25+,29-,30+,31+,32-/m0/s1. The molecule has 0 radical (unpaired) electrons. The van der Waals surface area contributed by atoms with Crippen molar-refractivity contribution in [3.8, 4) is 0 Å². The zero-order chi connectivity index (χ0) is 28.1. The van der Waals surface area contributed by atoms with E-state index in [0.29, 0.717) is 5.92 Å². The maximum Gasteiger partial charge on any atom is 0.302 e. The number of carbonyl (C=O) groups is 3. The number of ketones is 1. The number of hydroxylamine groups is 1. The number of fused-ring (bicyclic) bond motifs is 7. The summed E-state index contributed by atoms with van der Waals surface area (Å²) in [6.07, 6.45) is 9.80. The lowest BCUT2D eigenvalue weighted by molar-refractivity contribution is -0.211. The summed E-state index contributed by atoms with van der Waals surface area (Å²) in [6, 6.07) is 0. The molecule has 0 aromatic heterocycles. The highest BCUT2D eigenvalue weighted by molar-refractivity contribution is 5.96. The van der Waals surface area contributed by atoms with Crippen LogP contribution in [0.15, 0.2) is 11.6 Å². The van der Waals surface area contributed by atoms with Crippen LogP contribution in [0, 0.1) is 50.2 Å². The van der Waals surface area contributed by atoms with Gasteiger partial charge in [-0.1, -0.05) is 54.0 Å². The molecule has 6 nitrogen and oxygen atoms in total. The molecule has 0 unspecified atom stereocenters. The van der Waals surface area contributed by atoms with E-state index in [2.05, 4.69) is 53.9 Å². The van der Waals surface area contributed by atoms with Crippen molar-refractivity contribution in [1.29, 1.82) is 0 Å². The van der Waals surface area contributed by atoms with Crippen molar-refractivity contribution in [2.45, 2.75) is 119 Å². The number of rotatable bonds is 2. The lowest BCUT2D eigenvalue weighted by Gasteiger charge is -2.70. The predicted molar refractivity (Wildman–Crippen MR) is 147 cm³/mol. The van der Waals surface area contributed by atoms with Gasteiger partial charge in [0.05, 0.1) is 5.41 Å². The van der Waals surface area contributed by atoms with E-state index < -0.39 is 5.41 Å². The molecule has 0 heterocycles. The average Bonchev–Trinajstić information content (AvgIpc) is 2.81. The van der Waals surface area contributed by atoms with E-state index in [-0.39, 0.29) is 62.7 Å². The zero-order valence-electron chi connectivity index (χ0n) is 24.9. The lowest BCUT2D eigenvalue weighted by atomic mass is 9.33. The van der Waals surface area contributed by atoms with Crippen LogP contribution in [0.2, 0.25) is 0 Å². The fourth-order valence-corrected chi connectivity index (χ4v) is 11.0. The Morgan fingerprint density at radius 2 is 1.61 bits per heavy atom. The Labute approximate surface area is 228 Å².